The summed E-state index contributed by atoms with van der Waals surface area (Å²) in [7, 11) is 0. The Hall–Kier alpha value is -2.44. The summed E-state index contributed by atoms with van der Waals surface area (Å²) in [6.45, 7) is 4.53. The lowest BCUT2D eigenvalue weighted by Gasteiger charge is -2.33. The van der Waals surface area contributed by atoms with Gasteiger partial charge in [0.1, 0.15) is 0 Å². The zero-order valence-corrected chi connectivity index (χ0v) is 15.4. The molecule has 1 fully saturated rings. The first-order chi connectivity index (χ1) is 13.0. The Labute approximate surface area is 158 Å². The van der Waals surface area contributed by atoms with Crippen LogP contribution in [0.15, 0.2) is 47.1 Å². The van der Waals surface area contributed by atoms with E-state index in [0.717, 1.165) is 25.9 Å². The second-order valence-corrected chi connectivity index (χ2v) is 7.63. The summed E-state index contributed by atoms with van der Waals surface area (Å²) < 4.78 is 5.14. The SMILES string of the molecule is CC1CCN(CN2C(=O)C(O)(CC(=O)c3ccco3)c3ccccc32)CC1. The number of rotatable bonds is 5. The lowest BCUT2D eigenvalue weighted by molar-refractivity contribution is -0.136. The molecule has 1 saturated heterocycles. The molecule has 3 heterocycles. The molecule has 1 aromatic carbocycles. The maximum absolute atomic E-state index is 13.2. The molecular formula is C21H24N2O4. The molecule has 4 rings (SSSR count). The standard InChI is InChI=1S/C21H24N2O4/c1-15-8-10-22(11-9-15)14-23-17-6-3-2-5-16(17)21(26,20(23)25)13-18(24)19-7-4-12-27-19/h2-7,12,15,26H,8-11,13-14H2,1H3. The lowest BCUT2D eigenvalue weighted by Crippen LogP contribution is -2.48. The minimum Gasteiger partial charge on any atom is -0.461 e. The molecule has 1 unspecified atom stereocenters. The average Bonchev–Trinajstić information content (AvgIpc) is 3.27. The van der Waals surface area contributed by atoms with E-state index in [2.05, 4.69) is 11.8 Å². The number of para-hydroxylation sites is 1. The van der Waals surface area contributed by atoms with Gasteiger partial charge in [0.05, 0.1) is 25.0 Å². The third-order valence-corrected chi connectivity index (χ3v) is 5.67. The summed E-state index contributed by atoms with van der Waals surface area (Å²) in [5.41, 5.74) is -0.694. The molecular weight excluding hydrogens is 344 g/mol. The molecule has 142 valence electrons. The van der Waals surface area contributed by atoms with Crippen molar-refractivity contribution in [1.29, 1.82) is 0 Å². The molecule has 27 heavy (non-hydrogen) atoms. The fraction of sp³-hybridized carbons (Fsp3) is 0.429. The number of furan rings is 1. The van der Waals surface area contributed by atoms with E-state index in [-0.39, 0.29) is 18.0 Å². The largest absolute Gasteiger partial charge is 0.461 e. The summed E-state index contributed by atoms with van der Waals surface area (Å²) in [5, 5.41) is 11.3. The van der Waals surface area contributed by atoms with Crippen LogP contribution in [0, 0.1) is 5.92 Å². The van der Waals surface area contributed by atoms with Crippen molar-refractivity contribution in [1.82, 2.24) is 4.90 Å². The molecule has 0 aliphatic carbocycles. The minimum atomic E-state index is -1.86. The van der Waals surface area contributed by atoms with Crippen LogP contribution in [0.5, 0.6) is 0 Å². The molecule has 0 bridgehead atoms. The number of carbonyl (C=O) groups excluding carboxylic acids is 2. The number of piperidine rings is 1. The number of nitrogens with zero attached hydrogens (tertiary/aromatic N) is 2. The number of anilines is 1. The number of ketones is 1. The van der Waals surface area contributed by atoms with Gasteiger partial charge in [-0.05, 0) is 37.0 Å². The highest BCUT2D eigenvalue weighted by Gasteiger charge is 2.51. The zero-order valence-electron chi connectivity index (χ0n) is 15.4. The van der Waals surface area contributed by atoms with E-state index < -0.39 is 11.5 Å². The first kappa shape index (κ1) is 17.9. The molecule has 2 aliphatic rings. The maximum Gasteiger partial charge on any atom is 0.265 e. The molecule has 2 aliphatic heterocycles. The molecule has 0 spiro atoms. The van der Waals surface area contributed by atoms with Crippen LogP contribution in [0.4, 0.5) is 5.69 Å². The number of benzene rings is 1. The van der Waals surface area contributed by atoms with Gasteiger partial charge in [-0.2, -0.15) is 0 Å². The Morgan fingerprint density at radius 3 is 2.67 bits per heavy atom. The van der Waals surface area contributed by atoms with Crippen molar-refractivity contribution in [2.75, 3.05) is 24.7 Å². The number of likely N-dealkylation sites (tertiary alicyclic amines) is 1. The second-order valence-electron chi connectivity index (χ2n) is 7.63. The van der Waals surface area contributed by atoms with E-state index in [9.17, 15) is 14.7 Å². The van der Waals surface area contributed by atoms with Crippen molar-refractivity contribution >= 4 is 17.4 Å². The van der Waals surface area contributed by atoms with Crippen molar-refractivity contribution in [3.8, 4) is 0 Å². The van der Waals surface area contributed by atoms with Crippen LogP contribution >= 0.6 is 0 Å². The van der Waals surface area contributed by atoms with E-state index in [4.69, 9.17) is 4.42 Å². The highest BCUT2D eigenvalue weighted by molar-refractivity contribution is 6.10. The van der Waals surface area contributed by atoms with Crippen molar-refractivity contribution in [3.63, 3.8) is 0 Å². The monoisotopic (exact) mass is 368 g/mol. The van der Waals surface area contributed by atoms with E-state index in [1.54, 1.807) is 29.2 Å². The minimum absolute atomic E-state index is 0.150. The highest BCUT2D eigenvalue weighted by atomic mass is 16.3. The van der Waals surface area contributed by atoms with Gasteiger partial charge in [0.15, 0.2) is 11.4 Å². The van der Waals surface area contributed by atoms with Crippen LogP contribution in [-0.4, -0.2) is 41.5 Å². The number of fused-ring (bicyclic) bond motifs is 1. The van der Waals surface area contributed by atoms with Crippen LogP contribution in [-0.2, 0) is 10.4 Å². The van der Waals surface area contributed by atoms with Crippen molar-refractivity contribution in [3.05, 3.63) is 54.0 Å². The van der Waals surface area contributed by atoms with E-state index in [0.29, 0.717) is 23.8 Å². The fourth-order valence-electron chi connectivity index (χ4n) is 3.98. The van der Waals surface area contributed by atoms with E-state index in [1.165, 1.54) is 6.26 Å². The molecule has 2 aromatic rings. The predicted molar refractivity (Wildman–Crippen MR) is 100 cm³/mol. The normalized spacial score (nSPS) is 23.6. The molecule has 0 radical (unpaired) electrons. The van der Waals surface area contributed by atoms with Crippen molar-refractivity contribution < 1.29 is 19.1 Å². The number of hydrogen-bond acceptors (Lipinski definition) is 5. The number of hydrogen-bond donors (Lipinski definition) is 1. The quantitative estimate of drug-likeness (QED) is 0.822. The Morgan fingerprint density at radius 2 is 1.96 bits per heavy atom. The molecule has 6 heteroatoms. The van der Waals surface area contributed by atoms with Gasteiger partial charge in [-0.25, -0.2) is 0 Å². The van der Waals surface area contributed by atoms with E-state index in [1.807, 2.05) is 12.1 Å². The smallest absolute Gasteiger partial charge is 0.265 e. The molecule has 1 atom stereocenters. The van der Waals surface area contributed by atoms with Gasteiger partial charge in [0.25, 0.3) is 5.91 Å². The van der Waals surface area contributed by atoms with Crippen LogP contribution in [0.3, 0.4) is 0 Å². The first-order valence-corrected chi connectivity index (χ1v) is 9.42. The fourth-order valence-corrected chi connectivity index (χ4v) is 3.98. The van der Waals surface area contributed by atoms with Crippen molar-refractivity contribution in [2.45, 2.75) is 31.8 Å². The van der Waals surface area contributed by atoms with Crippen LogP contribution < -0.4 is 4.90 Å². The second kappa shape index (κ2) is 6.94. The Morgan fingerprint density at radius 1 is 1.22 bits per heavy atom. The number of aliphatic hydroxyl groups is 1. The summed E-state index contributed by atoms with van der Waals surface area (Å²) in [6.07, 6.45) is 3.28. The molecule has 1 N–H and O–H groups in total. The zero-order chi connectivity index (χ0) is 19.0. The third-order valence-electron chi connectivity index (χ3n) is 5.67. The van der Waals surface area contributed by atoms with Crippen molar-refractivity contribution in [2.24, 2.45) is 5.92 Å². The Kier molecular flexibility index (Phi) is 4.61. The average molecular weight is 368 g/mol. The Bertz CT molecular complexity index is 840. The van der Waals surface area contributed by atoms with Gasteiger partial charge >= 0.3 is 0 Å². The summed E-state index contributed by atoms with van der Waals surface area (Å²) in [4.78, 5) is 29.6. The van der Waals surface area contributed by atoms with Gasteiger partial charge in [-0.15, -0.1) is 0 Å². The molecule has 0 saturated carbocycles. The van der Waals surface area contributed by atoms with Crippen LogP contribution in [0.1, 0.15) is 42.3 Å². The van der Waals surface area contributed by atoms with Gasteiger partial charge in [0, 0.05) is 18.7 Å². The number of carbonyl (C=O) groups is 2. The molecule has 1 amide bonds. The van der Waals surface area contributed by atoms with Gasteiger partial charge in [-0.1, -0.05) is 25.1 Å². The number of Topliss-reactive ketones (excluding diaryl/α,β-unsaturated/α-hetero) is 1. The van der Waals surface area contributed by atoms with Gasteiger partial charge in [-0.3, -0.25) is 19.4 Å². The van der Waals surface area contributed by atoms with E-state index >= 15 is 0 Å². The molecule has 1 aromatic heterocycles. The van der Waals surface area contributed by atoms with Crippen LogP contribution in [0.25, 0.3) is 0 Å². The Balaban J connectivity index is 1.60. The predicted octanol–water partition coefficient (Wildman–Crippen LogP) is 2.78. The summed E-state index contributed by atoms with van der Waals surface area (Å²) >= 11 is 0. The highest BCUT2D eigenvalue weighted by Crippen LogP contribution is 2.43. The maximum atomic E-state index is 13.2. The van der Waals surface area contributed by atoms with Crippen LogP contribution in [0.2, 0.25) is 0 Å². The topological polar surface area (TPSA) is 74.0 Å². The van der Waals surface area contributed by atoms with Gasteiger partial charge in [0.2, 0.25) is 5.78 Å². The summed E-state index contributed by atoms with van der Waals surface area (Å²) in [5.74, 6) is 0.0179. The molecule has 6 nitrogen and oxygen atoms in total. The number of amides is 1. The lowest BCUT2D eigenvalue weighted by atomic mass is 9.89. The third kappa shape index (κ3) is 3.19. The summed E-state index contributed by atoms with van der Waals surface area (Å²) in [6, 6.07) is 10.3. The first-order valence-electron chi connectivity index (χ1n) is 9.42. The van der Waals surface area contributed by atoms with Gasteiger partial charge < -0.3 is 9.52 Å².